The molecule has 3 heteroatoms. The van der Waals surface area contributed by atoms with Crippen molar-refractivity contribution >= 4 is 5.97 Å². The summed E-state index contributed by atoms with van der Waals surface area (Å²) >= 11 is 0. The molecule has 0 saturated carbocycles. The molecule has 3 nitrogen and oxygen atoms in total. The molecule has 0 radical (unpaired) electrons. The van der Waals surface area contributed by atoms with Crippen LogP contribution < -0.4 is 0 Å². The maximum absolute atomic E-state index is 11.6. The molecule has 0 saturated heterocycles. The summed E-state index contributed by atoms with van der Waals surface area (Å²) in [7, 11) is 0. The van der Waals surface area contributed by atoms with Crippen LogP contribution in [0.25, 0.3) is 5.69 Å². The lowest BCUT2D eigenvalue weighted by Gasteiger charge is -2.11. The first-order valence-corrected chi connectivity index (χ1v) is 6.12. The van der Waals surface area contributed by atoms with E-state index in [0.29, 0.717) is 6.61 Å². The minimum absolute atomic E-state index is 0.175. The first-order valence-electron chi connectivity index (χ1n) is 6.12. The third-order valence-electron chi connectivity index (χ3n) is 2.94. The van der Waals surface area contributed by atoms with Crippen LogP contribution in [0.15, 0.2) is 48.8 Å². The monoisotopic (exact) mass is 243 g/mol. The Hall–Kier alpha value is -2.03. The van der Waals surface area contributed by atoms with Crippen molar-refractivity contribution in [2.45, 2.75) is 19.8 Å². The van der Waals surface area contributed by atoms with Gasteiger partial charge in [0, 0.05) is 18.1 Å². The third-order valence-corrected chi connectivity index (χ3v) is 2.94. The zero-order chi connectivity index (χ0) is 13.0. The molecule has 1 aromatic heterocycles. The van der Waals surface area contributed by atoms with Gasteiger partial charge in [0.15, 0.2) is 0 Å². The number of hydrogen-bond acceptors (Lipinski definition) is 2. The highest BCUT2D eigenvalue weighted by molar-refractivity contribution is 5.77. The van der Waals surface area contributed by atoms with Crippen LogP contribution in [0.5, 0.6) is 0 Å². The zero-order valence-corrected chi connectivity index (χ0v) is 10.7. The summed E-state index contributed by atoms with van der Waals surface area (Å²) in [5, 5.41) is 0. The van der Waals surface area contributed by atoms with E-state index in [0.717, 1.165) is 11.3 Å². The Labute approximate surface area is 107 Å². The minimum Gasteiger partial charge on any atom is -0.466 e. The minimum atomic E-state index is -0.219. The van der Waals surface area contributed by atoms with Crippen LogP contribution in [0, 0.1) is 0 Å². The number of rotatable bonds is 4. The van der Waals surface area contributed by atoms with Gasteiger partial charge in [-0.3, -0.25) is 4.79 Å². The van der Waals surface area contributed by atoms with Gasteiger partial charge < -0.3 is 9.30 Å². The first kappa shape index (κ1) is 12.4. The van der Waals surface area contributed by atoms with Crippen LogP contribution in [0.2, 0.25) is 0 Å². The molecule has 0 aliphatic rings. The van der Waals surface area contributed by atoms with E-state index in [1.165, 1.54) is 0 Å². The summed E-state index contributed by atoms with van der Waals surface area (Å²) in [4.78, 5) is 11.6. The predicted molar refractivity (Wildman–Crippen MR) is 70.8 cm³/mol. The summed E-state index contributed by atoms with van der Waals surface area (Å²) in [5.41, 5.74) is 2.06. The van der Waals surface area contributed by atoms with Crippen LogP contribution in [0.4, 0.5) is 0 Å². The molecule has 0 bridgehead atoms. The van der Waals surface area contributed by atoms with Crippen molar-refractivity contribution in [1.82, 2.24) is 4.57 Å². The Balaban J connectivity index is 2.15. The fourth-order valence-corrected chi connectivity index (χ4v) is 1.85. The molecule has 0 aliphatic carbocycles. The summed E-state index contributed by atoms with van der Waals surface area (Å²) in [5.74, 6) is -0.394. The van der Waals surface area contributed by atoms with E-state index in [-0.39, 0.29) is 11.9 Å². The standard InChI is InChI=1S/C15H17NO2/c1-3-18-15(17)12(2)13-6-8-14(9-7-13)16-10-4-5-11-16/h4-12H,3H2,1-2H3. The molecule has 0 amide bonds. The highest BCUT2D eigenvalue weighted by atomic mass is 16.5. The van der Waals surface area contributed by atoms with Gasteiger partial charge in [-0.05, 0) is 43.7 Å². The van der Waals surface area contributed by atoms with E-state index in [2.05, 4.69) is 0 Å². The Bertz CT molecular complexity index is 500. The number of aromatic nitrogens is 1. The molecule has 94 valence electrons. The van der Waals surface area contributed by atoms with Crippen molar-refractivity contribution in [3.05, 3.63) is 54.4 Å². The second-order valence-corrected chi connectivity index (χ2v) is 4.16. The molecule has 2 rings (SSSR count). The molecule has 1 heterocycles. The number of nitrogens with zero attached hydrogens (tertiary/aromatic N) is 1. The quantitative estimate of drug-likeness (QED) is 0.772. The fraction of sp³-hybridized carbons (Fsp3) is 0.267. The Morgan fingerprint density at radius 3 is 2.39 bits per heavy atom. The Morgan fingerprint density at radius 2 is 1.83 bits per heavy atom. The SMILES string of the molecule is CCOC(=O)C(C)c1ccc(-n2cccc2)cc1. The number of carbonyl (C=O) groups excluding carboxylic acids is 1. The van der Waals surface area contributed by atoms with Crippen molar-refractivity contribution in [2.75, 3.05) is 6.61 Å². The average Bonchev–Trinajstić information content (AvgIpc) is 2.92. The van der Waals surface area contributed by atoms with Gasteiger partial charge in [0.1, 0.15) is 0 Å². The van der Waals surface area contributed by atoms with Gasteiger partial charge in [0.2, 0.25) is 0 Å². The van der Waals surface area contributed by atoms with Gasteiger partial charge >= 0.3 is 5.97 Å². The molecular weight excluding hydrogens is 226 g/mol. The van der Waals surface area contributed by atoms with E-state index < -0.39 is 0 Å². The summed E-state index contributed by atoms with van der Waals surface area (Å²) in [6, 6.07) is 11.9. The second-order valence-electron chi connectivity index (χ2n) is 4.16. The lowest BCUT2D eigenvalue weighted by molar-refractivity contribution is -0.144. The van der Waals surface area contributed by atoms with Gasteiger partial charge in [0.25, 0.3) is 0 Å². The van der Waals surface area contributed by atoms with Crippen LogP contribution >= 0.6 is 0 Å². The largest absolute Gasteiger partial charge is 0.466 e. The van der Waals surface area contributed by atoms with E-state index in [1.54, 1.807) is 0 Å². The highest BCUT2D eigenvalue weighted by Gasteiger charge is 2.15. The van der Waals surface area contributed by atoms with Crippen LogP contribution in [0.3, 0.4) is 0 Å². The zero-order valence-electron chi connectivity index (χ0n) is 10.7. The molecule has 0 fully saturated rings. The van der Waals surface area contributed by atoms with Crippen LogP contribution in [-0.2, 0) is 9.53 Å². The number of carbonyl (C=O) groups is 1. The molecule has 1 aromatic carbocycles. The average molecular weight is 243 g/mol. The number of benzene rings is 1. The molecule has 0 N–H and O–H groups in total. The molecule has 0 spiro atoms. The molecule has 0 aliphatic heterocycles. The van der Waals surface area contributed by atoms with Crippen molar-refractivity contribution in [3.8, 4) is 5.69 Å². The van der Waals surface area contributed by atoms with Gasteiger partial charge in [-0.2, -0.15) is 0 Å². The topological polar surface area (TPSA) is 31.2 Å². The van der Waals surface area contributed by atoms with E-state index in [4.69, 9.17) is 4.74 Å². The Morgan fingerprint density at radius 1 is 1.22 bits per heavy atom. The van der Waals surface area contributed by atoms with Crippen molar-refractivity contribution in [1.29, 1.82) is 0 Å². The van der Waals surface area contributed by atoms with Gasteiger partial charge in [-0.1, -0.05) is 12.1 Å². The van der Waals surface area contributed by atoms with Gasteiger partial charge in [0.05, 0.1) is 12.5 Å². The Kier molecular flexibility index (Phi) is 3.82. The molecule has 1 atom stereocenters. The van der Waals surface area contributed by atoms with E-state index >= 15 is 0 Å². The van der Waals surface area contributed by atoms with E-state index in [1.807, 2.05) is 67.2 Å². The molecule has 2 aromatic rings. The van der Waals surface area contributed by atoms with Crippen molar-refractivity contribution in [2.24, 2.45) is 0 Å². The highest BCUT2D eigenvalue weighted by Crippen LogP contribution is 2.19. The maximum atomic E-state index is 11.6. The summed E-state index contributed by atoms with van der Waals surface area (Å²) in [6.45, 7) is 4.10. The number of esters is 1. The predicted octanol–water partition coefficient (Wildman–Crippen LogP) is 3.14. The fourth-order valence-electron chi connectivity index (χ4n) is 1.85. The lowest BCUT2D eigenvalue weighted by atomic mass is 10.0. The maximum Gasteiger partial charge on any atom is 0.313 e. The van der Waals surface area contributed by atoms with Gasteiger partial charge in [-0.15, -0.1) is 0 Å². The smallest absolute Gasteiger partial charge is 0.313 e. The molecular formula is C15H17NO2. The van der Waals surface area contributed by atoms with Crippen molar-refractivity contribution in [3.63, 3.8) is 0 Å². The van der Waals surface area contributed by atoms with Crippen molar-refractivity contribution < 1.29 is 9.53 Å². The number of hydrogen-bond donors (Lipinski definition) is 0. The third kappa shape index (κ3) is 2.62. The van der Waals surface area contributed by atoms with Crippen LogP contribution in [0.1, 0.15) is 25.3 Å². The first-order chi connectivity index (χ1) is 8.72. The second kappa shape index (κ2) is 5.54. The normalized spacial score (nSPS) is 12.1. The lowest BCUT2D eigenvalue weighted by Crippen LogP contribution is -2.12. The van der Waals surface area contributed by atoms with E-state index in [9.17, 15) is 4.79 Å². The van der Waals surface area contributed by atoms with Crippen LogP contribution in [-0.4, -0.2) is 17.1 Å². The summed E-state index contributed by atoms with van der Waals surface area (Å²) < 4.78 is 7.04. The number of ether oxygens (including phenoxy) is 1. The molecule has 1 unspecified atom stereocenters. The summed E-state index contributed by atoms with van der Waals surface area (Å²) in [6.07, 6.45) is 3.98. The molecule has 18 heavy (non-hydrogen) atoms. The van der Waals surface area contributed by atoms with Gasteiger partial charge in [-0.25, -0.2) is 0 Å².